The lowest BCUT2D eigenvalue weighted by molar-refractivity contribution is 0.472. The number of nitrogens with zero attached hydrogens (tertiary/aromatic N) is 5. The van der Waals surface area contributed by atoms with E-state index in [9.17, 15) is 19.1 Å². The Hall–Kier alpha value is -4.14. The number of benzene rings is 2. The van der Waals surface area contributed by atoms with Gasteiger partial charge < -0.3 is 5.11 Å². The number of aromatic nitrogens is 5. The molecule has 5 aromatic rings. The number of imidazole rings is 2. The van der Waals surface area contributed by atoms with Crippen molar-refractivity contribution in [2.75, 3.05) is 0 Å². The van der Waals surface area contributed by atoms with E-state index in [0.29, 0.717) is 17.0 Å². The highest BCUT2D eigenvalue weighted by molar-refractivity contribution is 5.76. The largest absolute Gasteiger partial charge is 0.506 e. The Morgan fingerprint density at radius 2 is 1.77 bits per heavy atom. The van der Waals surface area contributed by atoms with E-state index in [-0.39, 0.29) is 23.5 Å². The quantitative estimate of drug-likeness (QED) is 0.486. The number of hydrogen-bond acceptors (Lipinski definition) is 4. The van der Waals surface area contributed by atoms with Crippen molar-refractivity contribution in [3.05, 3.63) is 92.6 Å². The van der Waals surface area contributed by atoms with Crippen molar-refractivity contribution in [1.82, 2.24) is 23.1 Å². The molecule has 156 valence electrons. The summed E-state index contributed by atoms with van der Waals surface area (Å²) in [6.07, 6.45) is 1.74. The molecule has 3 aromatic heterocycles. The van der Waals surface area contributed by atoms with Crippen LogP contribution in [-0.4, -0.2) is 28.2 Å². The standard InChI is InChI=1S/C22H18FN5O3/c1-13-11-26-18-19(24-21(26)28(13)16-5-3-4-6-17(16)29)25(2)22(31)27(20(18)30)12-14-7-9-15(23)10-8-14/h3-11,29H,12H2,1-2H3. The van der Waals surface area contributed by atoms with Crippen LogP contribution in [0.1, 0.15) is 11.3 Å². The predicted octanol–water partition coefficient (Wildman–Crippen LogP) is 2.34. The molecule has 0 unspecified atom stereocenters. The first-order valence-electron chi connectivity index (χ1n) is 9.59. The fourth-order valence-electron chi connectivity index (χ4n) is 3.87. The minimum absolute atomic E-state index is 0.00806. The topological polar surface area (TPSA) is 86.5 Å². The van der Waals surface area contributed by atoms with Gasteiger partial charge in [0.05, 0.1) is 12.2 Å². The van der Waals surface area contributed by atoms with Crippen LogP contribution in [0, 0.1) is 12.7 Å². The molecular weight excluding hydrogens is 401 g/mol. The summed E-state index contributed by atoms with van der Waals surface area (Å²) < 4.78 is 19.0. The third-order valence-corrected chi connectivity index (χ3v) is 5.40. The van der Waals surface area contributed by atoms with Crippen LogP contribution in [0.4, 0.5) is 4.39 Å². The van der Waals surface area contributed by atoms with E-state index < -0.39 is 17.1 Å². The van der Waals surface area contributed by atoms with Crippen molar-refractivity contribution >= 4 is 16.9 Å². The van der Waals surface area contributed by atoms with Crippen molar-refractivity contribution in [2.24, 2.45) is 7.05 Å². The molecule has 0 saturated heterocycles. The van der Waals surface area contributed by atoms with Gasteiger partial charge in [-0.25, -0.2) is 9.18 Å². The molecule has 0 aliphatic carbocycles. The highest BCUT2D eigenvalue weighted by Crippen LogP contribution is 2.26. The summed E-state index contributed by atoms with van der Waals surface area (Å²) in [5, 5.41) is 10.3. The van der Waals surface area contributed by atoms with Gasteiger partial charge in [-0.2, -0.15) is 4.98 Å². The molecule has 0 radical (unpaired) electrons. The van der Waals surface area contributed by atoms with Crippen LogP contribution >= 0.6 is 0 Å². The zero-order chi connectivity index (χ0) is 21.9. The number of hydrogen-bond donors (Lipinski definition) is 1. The molecule has 0 spiro atoms. The minimum Gasteiger partial charge on any atom is -0.506 e. The van der Waals surface area contributed by atoms with Crippen molar-refractivity contribution in [3.8, 4) is 11.4 Å². The summed E-state index contributed by atoms with van der Waals surface area (Å²) in [6, 6.07) is 12.5. The van der Waals surface area contributed by atoms with Crippen LogP contribution in [0.3, 0.4) is 0 Å². The molecule has 1 N–H and O–H groups in total. The van der Waals surface area contributed by atoms with E-state index in [0.717, 1.165) is 10.3 Å². The zero-order valence-corrected chi connectivity index (χ0v) is 16.8. The van der Waals surface area contributed by atoms with E-state index in [1.165, 1.54) is 28.8 Å². The summed E-state index contributed by atoms with van der Waals surface area (Å²) in [7, 11) is 1.55. The first kappa shape index (κ1) is 18.9. The lowest BCUT2D eigenvalue weighted by Gasteiger charge is -2.08. The van der Waals surface area contributed by atoms with Gasteiger partial charge in [0.1, 0.15) is 11.6 Å². The molecule has 0 fully saturated rings. The van der Waals surface area contributed by atoms with Gasteiger partial charge in [0.15, 0.2) is 11.2 Å². The van der Waals surface area contributed by atoms with Crippen molar-refractivity contribution in [1.29, 1.82) is 0 Å². The van der Waals surface area contributed by atoms with Crippen LogP contribution in [0.2, 0.25) is 0 Å². The molecule has 0 atom stereocenters. The number of halogens is 1. The van der Waals surface area contributed by atoms with Gasteiger partial charge >= 0.3 is 5.69 Å². The van der Waals surface area contributed by atoms with Gasteiger partial charge in [-0.05, 0) is 36.8 Å². The van der Waals surface area contributed by atoms with Crippen LogP contribution < -0.4 is 11.2 Å². The number of fused-ring (bicyclic) bond motifs is 3. The molecule has 31 heavy (non-hydrogen) atoms. The lowest BCUT2D eigenvalue weighted by Crippen LogP contribution is -2.39. The monoisotopic (exact) mass is 419 g/mol. The predicted molar refractivity (Wildman–Crippen MR) is 113 cm³/mol. The molecule has 0 bridgehead atoms. The van der Waals surface area contributed by atoms with Crippen LogP contribution in [0.25, 0.3) is 22.6 Å². The normalized spacial score (nSPS) is 11.6. The molecule has 0 amide bonds. The van der Waals surface area contributed by atoms with Crippen molar-refractivity contribution in [3.63, 3.8) is 0 Å². The molecular formula is C22H18FN5O3. The van der Waals surface area contributed by atoms with Crippen LogP contribution in [-0.2, 0) is 13.6 Å². The van der Waals surface area contributed by atoms with Crippen LogP contribution in [0.15, 0.2) is 64.3 Å². The van der Waals surface area contributed by atoms with Crippen molar-refractivity contribution < 1.29 is 9.50 Å². The van der Waals surface area contributed by atoms with Gasteiger partial charge in [0.2, 0.25) is 5.78 Å². The number of phenolic OH excluding ortho intramolecular Hbond substituents is 1. The van der Waals surface area contributed by atoms with Gasteiger partial charge in [-0.1, -0.05) is 24.3 Å². The minimum atomic E-state index is -0.520. The molecule has 3 heterocycles. The SMILES string of the molecule is Cc1cn2c3c(=O)n(Cc4ccc(F)cc4)c(=O)n(C)c3nc2n1-c1ccccc1O. The van der Waals surface area contributed by atoms with E-state index in [1.54, 1.807) is 46.5 Å². The zero-order valence-electron chi connectivity index (χ0n) is 16.8. The average molecular weight is 419 g/mol. The highest BCUT2D eigenvalue weighted by atomic mass is 19.1. The Labute approximate surface area is 174 Å². The third-order valence-electron chi connectivity index (χ3n) is 5.40. The number of para-hydroxylation sites is 2. The summed E-state index contributed by atoms with van der Waals surface area (Å²) in [5.41, 5.74) is 1.37. The fourth-order valence-corrected chi connectivity index (χ4v) is 3.87. The molecule has 5 rings (SSSR count). The van der Waals surface area contributed by atoms with E-state index >= 15 is 0 Å². The van der Waals surface area contributed by atoms with Crippen LogP contribution in [0.5, 0.6) is 5.75 Å². The Kier molecular flexibility index (Phi) is 4.07. The van der Waals surface area contributed by atoms with Crippen molar-refractivity contribution in [2.45, 2.75) is 13.5 Å². The maximum Gasteiger partial charge on any atom is 0.332 e. The highest BCUT2D eigenvalue weighted by Gasteiger charge is 2.21. The fraction of sp³-hybridized carbons (Fsp3) is 0.136. The number of phenols is 1. The first-order chi connectivity index (χ1) is 14.9. The number of rotatable bonds is 3. The summed E-state index contributed by atoms with van der Waals surface area (Å²) >= 11 is 0. The molecule has 0 aliphatic rings. The van der Waals surface area contributed by atoms with Gasteiger partial charge in [-0.15, -0.1) is 0 Å². The van der Waals surface area contributed by atoms with Gasteiger partial charge in [-0.3, -0.25) is 22.9 Å². The summed E-state index contributed by atoms with van der Waals surface area (Å²) in [4.78, 5) is 30.8. The first-order valence-corrected chi connectivity index (χ1v) is 9.59. The van der Waals surface area contributed by atoms with E-state index in [2.05, 4.69) is 4.98 Å². The van der Waals surface area contributed by atoms with E-state index in [4.69, 9.17) is 0 Å². The Bertz CT molecular complexity index is 1590. The molecule has 2 aromatic carbocycles. The number of aryl methyl sites for hydroxylation is 2. The van der Waals surface area contributed by atoms with E-state index in [1.807, 2.05) is 6.92 Å². The average Bonchev–Trinajstić information content (AvgIpc) is 3.26. The maximum absolute atomic E-state index is 13.3. The van der Waals surface area contributed by atoms with Gasteiger partial charge in [0, 0.05) is 18.9 Å². The number of aromatic hydroxyl groups is 1. The Balaban J connectivity index is 1.80. The third kappa shape index (κ3) is 2.77. The maximum atomic E-state index is 13.3. The second-order valence-corrected chi connectivity index (χ2v) is 7.41. The molecule has 0 aliphatic heterocycles. The summed E-state index contributed by atoms with van der Waals surface area (Å²) in [6.45, 7) is 1.85. The Morgan fingerprint density at radius 3 is 2.48 bits per heavy atom. The van der Waals surface area contributed by atoms with Gasteiger partial charge in [0.25, 0.3) is 5.56 Å². The lowest BCUT2D eigenvalue weighted by atomic mass is 10.2. The molecule has 9 heteroatoms. The molecule has 0 saturated carbocycles. The smallest absolute Gasteiger partial charge is 0.332 e. The second kappa shape index (κ2) is 6.69. The summed E-state index contributed by atoms with van der Waals surface area (Å²) in [5.74, 6) is 0.0805. The second-order valence-electron chi connectivity index (χ2n) is 7.41. The Morgan fingerprint density at radius 1 is 1.06 bits per heavy atom. The molecule has 8 nitrogen and oxygen atoms in total.